The molecule has 1 amide bonds. The van der Waals surface area contributed by atoms with Crippen LogP contribution in [-0.4, -0.2) is 12.5 Å². The SMILES string of the molecule is Cc1ccc(OCC(=O)N[C@@H](c2ccccc2)c2cccs2)cc1. The molecule has 0 unspecified atom stereocenters. The van der Waals surface area contributed by atoms with Crippen LogP contribution >= 0.6 is 11.3 Å². The molecule has 1 heterocycles. The Balaban J connectivity index is 1.66. The van der Waals surface area contributed by atoms with E-state index in [0.29, 0.717) is 5.75 Å². The number of benzene rings is 2. The summed E-state index contributed by atoms with van der Waals surface area (Å²) in [7, 11) is 0. The average molecular weight is 337 g/mol. The molecule has 3 nitrogen and oxygen atoms in total. The zero-order chi connectivity index (χ0) is 16.8. The summed E-state index contributed by atoms with van der Waals surface area (Å²) in [4.78, 5) is 13.4. The lowest BCUT2D eigenvalue weighted by Gasteiger charge is -2.18. The monoisotopic (exact) mass is 337 g/mol. The van der Waals surface area contributed by atoms with Crippen LogP contribution in [0.5, 0.6) is 5.75 Å². The molecule has 0 saturated carbocycles. The highest BCUT2D eigenvalue weighted by atomic mass is 32.1. The Kier molecular flexibility index (Phi) is 5.29. The first-order valence-corrected chi connectivity index (χ1v) is 8.67. The van der Waals surface area contributed by atoms with Gasteiger partial charge in [0.2, 0.25) is 0 Å². The number of aryl methyl sites for hydroxylation is 1. The summed E-state index contributed by atoms with van der Waals surface area (Å²) in [6.45, 7) is 2.01. The molecular formula is C20H19NO2S. The molecule has 0 radical (unpaired) electrons. The van der Waals surface area contributed by atoms with Crippen LogP contribution in [0.1, 0.15) is 22.0 Å². The lowest BCUT2D eigenvalue weighted by atomic mass is 10.1. The summed E-state index contributed by atoms with van der Waals surface area (Å²) in [5.74, 6) is 0.556. The number of carbonyl (C=O) groups excluding carboxylic acids is 1. The van der Waals surface area contributed by atoms with Crippen molar-refractivity contribution in [2.24, 2.45) is 0 Å². The number of rotatable bonds is 6. The van der Waals surface area contributed by atoms with E-state index in [4.69, 9.17) is 4.74 Å². The van der Waals surface area contributed by atoms with Gasteiger partial charge in [-0.15, -0.1) is 11.3 Å². The van der Waals surface area contributed by atoms with Crippen LogP contribution in [0, 0.1) is 6.92 Å². The molecule has 122 valence electrons. The van der Waals surface area contributed by atoms with Gasteiger partial charge < -0.3 is 10.1 Å². The topological polar surface area (TPSA) is 38.3 Å². The van der Waals surface area contributed by atoms with Gasteiger partial charge in [-0.3, -0.25) is 4.79 Å². The first kappa shape index (κ1) is 16.3. The van der Waals surface area contributed by atoms with E-state index >= 15 is 0 Å². The van der Waals surface area contributed by atoms with Crippen LogP contribution in [-0.2, 0) is 4.79 Å². The maximum atomic E-state index is 12.3. The van der Waals surface area contributed by atoms with Gasteiger partial charge in [-0.25, -0.2) is 0 Å². The molecule has 2 aromatic carbocycles. The Labute approximate surface area is 145 Å². The Hall–Kier alpha value is -2.59. The van der Waals surface area contributed by atoms with Crippen LogP contribution in [0.15, 0.2) is 72.1 Å². The predicted molar refractivity (Wildman–Crippen MR) is 97.4 cm³/mol. The van der Waals surface area contributed by atoms with E-state index in [1.54, 1.807) is 11.3 Å². The van der Waals surface area contributed by atoms with Crippen LogP contribution in [0.2, 0.25) is 0 Å². The zero-order valence-electron chi connectivity index (χ0n) is 13.4. The van der Waals surface area contributed by atoms with Gasteiger partial charge in [0, 0.05) is 4.88 Å². The molecule has 24 heavy (non-hydrogen) atoms. The van der Waals surface area contributed by atoms with Crippen molar-refractivity contribution >= 4 is 17.2 Å². The second kappa shape index (κ2) is 7.79. The normalized spacial score (nSPS) is 11.7. The number of thiophene rings is 1. The van der Waals surface area contributed by atoms with Crippen LogP contribution in [0.25, 0.3) is 0 Å². The molecule has 0 spiro atoms. The van der Waals surface area contributed by atoms with E-state index in [2.05, 4.69) is 5.32 Å². The second-order valence-electron chi connectivity index (χ2n) is 5.53. The lowest BCUT2D eigenvalue weighted by Crippen LogP contribution is -2.32. The molecule has 1 aromatic heterocycles. The van der Waals surface area contributed by atoms with Crippen molar-refractivity contribution in [3.05, 3.63) is 88.1 Å². The number of carbonyl (C=O) groups is 1. The Bertz CT molecular complexity index is 767. The number of hydrogen-bond acceptors (Lipinski definition) is 3. The highest BCUT2D eigenvalue weighted by molar-refractivity contribution is 7.10. The van der Waals surface area contributed by atoms with Gasteiger partial charge in [0.05, 0.1) is 6.04 Å². The first-order chi connectivity index (χ1) is 11.7. The molecule has 0 bridgehead atoms. The molecule has 0 saturated heterocycles. The van der Waals surface area contributed by atoms with Gasteiger partial charge in [-0.2, -0.15) is 0 Å². The summed E-state index contributed by atoms with van der Waals surface area (Å²) < 4.78 is 5.57. The smallest absolute Gasteiger partial charge is 0.258 e. The van der Waals surface area contributed by atoms with E-state index in [0.717, 1.165) is 16.0 Å². The zero-order valence-corrected chi connectivity index (χ0v) is 14.3. The number of ether oxygens (including phenoxy) is 1. The van der Waals surface area contributed by atoms with Gasteiger partial charge in [-0.1, -0.05) is 54.1 Å². The minimum atomic E-state index is -0.152. The maximum Gasteiger partial charge on any atom is 0.258 e. The fourth-order valence-corrected chi connectivity index (χ4v) is 3.21. The summed E-state index contributed by atoms with van der Waals surface area (Å²) >= 11 is 1.63. The summed E-state index contributed by atoms with van der Waals surface area (Å²) in [6.07, 6.45) is 0. The third kappa shape index (κ3) is 4.24. The quantitative estimate of drug-likeness (QED) is 0.726. The molecule has 1 atom stereocenters. The van der Waals surface area contributed by atoms with E-state index in [1.807, 2.05) is 79.0 Å². The van der Waals surface area contributed by atoms with E-state index in [1.165, 1.54) is 0 Å². The van der Waals surface area contributed by atoms with E-state index in [9.17, 15) is 4.79 Å². The standard InChI is InChI=1S/C20H19NO2S/c1-15-9-11-17(12-10-15)23-14-19(22)21-20(18-8-5-13-24-18)16-6-3-2-4-7-16/h2-13,20H,14H2,1H3,(H,21,22)/t20-/m0/s1. The van der Waals surface area contributed by atoms with Gasteiger partial charge in [-0.05, 0) is 36.1 Å². The van der Waals surface area contributed by atoms with Crippen molar-refractivity contribution in [3.8, 4) is 5.75 Å². The first-order valence-electron chi connectivity index (χ1n) is 7.79. The van der Waals surface area contributed by atoms with E-state index in [-0.39, 0.29) is 18.6 Å². The minimum Gasteiger partial charge on any atom is -0.484 e. The third-order valence-electron chi connectivity index (χ3n) is 3.66. The molecule has 0 aliphatic heterocycles. The predicted octanol–water partition coefficient (Wildman–Crippen LogP) is 4.34. The van der Waals surface area contributed by atoms with Crippen molar-refractivity contribution in [1.29, 1.82) is 0 Å². The van der Waals surface area contributed by atoms with Crippen molar-refractivity contribution in [2.75, 3.05) is 6.61 Å². The Morgan fingerprint density at radius 1 is 1.04 bits per heavy atom. The molecule has 3 aromatic rings. The highest BCUT2D eigenvalue weighted by Crippen LogP contribution is 2.25. The van der Waals surface area contributed by atoms with Crippen molar-refractivity contribution in [3.63, 3.8) is 0 Å². The summed E-state index contributed by atoms with van der Waals surface area (Å²) in [5.41, 5.74) is 2.22. The Morgan fingerprint density at radius 3 is 2.46 bits per heavy atom. The van der Waals surface area contributed by atoms with Crippen LogP contribution in [0.3, 0.4) is 0 Å². The van der Waals surface area contributed by atoms with Crippen molar-refractivity contribution < 1.29 is 9.53 Å². The molecule has 1 N–H and O–H groups in total. The van der Waals surface area contributed by atoms with Crippen LogP contribution in [0.4, 0.5) is 0 Å². The Morgan fingerprint density at radius 2 is 1.79 bits per heavy atom. The van der Waals surface area contributed by atoms with Crippen molar-refractivity contribution in [2.45, 2.75) is 13.0 Å². The van der Waals surface area contributed by atoms with Crippen LogP contribution < -0.4 is 10.1 Å². The number of nitrogens with one attached hydrogen (secondary N) is 1. The summed E-state index contributed by atoms with van der Waals surface area (Å²) in [5, 5.41) is 5.08. The highest BCUT2D eigenvalue weighted by Gasteiger charge is 2.17. The van der Waals surface area contributed by atoms with E-state index < -0.39 is 0 Å². The fraction of sp³-hybridized carbons (Fsp3) is 0.150. The third-order valence-corrected chi connectivity index (χ3v) is 4.59. The largest absolute Gasteiger partial charge is 0.484 e. The second-order valence-corrected chi connectivity index (χ2v) is 6.51. The van der Waals surface area contributed by atoms with Gasteiger partial charge in [0.25, 0.3) is 5.91 Å². The van der Waals surface area contributed by atoms with Crippen molar-refractivity contribution in [1.82, 2.24) is 5.32 Å². The number of amides is 1. The maximum absolute atomic E-state index is 12.3. The fourth-order valence-electron chi connectivity index (χ4n) is 2.41. The number of hydrogen-bond donors (Lipinski definition) is 1. The molecule has 0 aliphatic carbocycles. The van der Waals surface area contributed by atoms with Gasteiger partial charge >= 0.3 is 0 Å². The summed E-state index contributed by atoms with van der Waals surface area (Å²) in [6, 6.07) is 21.5. The molecule has 0 fully saturated rings. The molecule has 4 heteroatoms. The van der Waals surface area contributed by atoms with Gasteiger partial charge in [0.1, 0.15) is 5.75 Å². The molecule has 0 aliphatic rings. The lowest BCUT2D eigenvalue weighted by molar-refractivity contribution is -0.123. The average Bonchev–Trinajstić information content (AvgIpc) is 3.14. The molecular weight excluding hydrogens is 318 g/mol. The minimum absolute atomic E-state index is 0.00221. The molecule has 3 rings (SSSR count). The van der Waals surface area contributed by atoms with Gasteiger partial charge in [0.15, 0.2) is 6.61 Å².